The Hall–Kier alpha value is -3.48. The Morgan fingerprint density at radius 2 is 1.43 bits per heavy atom. The van der Waals surface area contributed by atoms with Crippen molar-refractivity contribution < 1.29 is 24.0 Å². The van der Waals surface area contributed by atoms with Crippen LogP contribution in [-0.2, 0) is 9.63 Å². The van der Waals surface area contributed by atoms with Gasteiger partial charge in [0.2, 0.25) is 0 Å². The molecule has 1 aliphatic rings. The van der Waals surface area contributed by atoms with Gasteiger partial charge in [-0.05, 0) is 49.9 Å². The molecule has 7 heteroatoms. The maximum absolute atomic E-state index is 12.8. The number of hydrogen-bond acceptors (Lipinski definition) is 5. The van der Waals surface area contributed by atoms with E-state index in [9.17, 15) is 19.2 Å². The Morgan fingerprint density at radius 1 is 0.933 bits per heavy atom. The van der Waals surface area contributed by atoms with Crippen LogP contribution in [0.5, 0.6) is 0 Å². The number of aryl methyl sites for hydroxylation is 3. The van der Waals surface area contributed by atoms with E-state index in [-0.39, 0.29) is 11.1 Å². The van der Waals surface area contributed by atoms with E-state index in [0.717, 1.165) is 21.6 Å². The summed E-state index contributed by atoms with van der Waals surface area (Å²) in [5.41, 5.74) is 5.48. The first-order valence-corrected chi connectivity index (χ1v) is 9.69. The van der Waals surface area contributed by atoms with Crippen molar-refractivity contribution in [3.05, 3.63) is 69.8 Å². The highest BCUT2D eigenvalue weighted by Crippen LogP contribution is 2.27. The van der Waals surface area contributed by atoms with Gasteiger partial charge in [0, 0.05) is 0 Å². The van der Waals surface area contributed by atoms with E-state index < -0.39 is 35.7 Å². The summed E-state index contributed by atoms with van der Waals surface area (Å²) in [5.74, 6) is -2.92. The molecule has 0 saturated heterocycles. The lowest BCUT2D eigenvalue weighted by Gasteiger charge is -2.27. The van der Waals surface area contributed by atoms with Gasteiger partial charge >= 0.3 is 5.97 Å². The fourth-order valence-corrected chi connectivity index (χ4v) is 3.89. The van der Waals surface area contributed by atoms with Crippen molar-refractivity contribution in [2.75, 3.05) is 0 Å². The van der Waals surface area contributed by atoms with Crippen molar-refractivity contribution in [1.29, 1.82) is 0 Å². The van der Waals surface area contributed by atoms with Gasteiger partial charge in [-0.25, -0.2) is 4.79 Å². The van der Waals surface area contributed by atoms with Crippen LogP contribution >= 0.6 is 0 Å². The number of benzene rings is 2. The quantitative estimate of drug-likeness (QED) is 0.620. The number of carbonyl (C=O) groups excluding carboxylic acids is 4. The summed E-state index contributed by atoms with van der Waals surface area (Å²) in [4.78, 5) is 56.9. The first-order valence-electron chi connectivity index (χ1n) is 9.69. The second kappa shape index (κ2) is 8.10. The number of imide groups is 1. The van der Waals surface area contributed by atoms with Crippen LogP contribution in [0.1, 0.15) is 61.6 Å². The van der Waals surface area contributed by atoms with Crippen molar-refractivity contribution in [3.8, 4) is 0 Å². The lowest BCUT2D eigenvalue weighted by Crippen LogP contribution is -2.52. The van der Waals surface area contributed by atoms with Gasteiger partial charge in [-0.2, -0.15) is 5.48 Å². The predicted molar refractivity (Wildman–Crippen MR) is 110 cm³/mol. The van der Waals surface area contributed by atoms with Gasteiger partial charge in [-0.3, -0.25) is 19.3 Å². The monoisotopic (exact) mass is 408 g/mol. The van der Waals surface area contributed by atoms with Gasteiger partial charge < -0.3 is 4.84 Å². The average Bonchev–Trinajstić information content (AvgIpc) is 2.91. The Kier molecular flexibility index (Phi) is 5.73. The number of nitrogens with one attached hydrogen (secondary N) is 1. The van der Waals surface area contributed by atoms with E-state index in [1.54, 1.807) is 52.0 Å². The highest BCUT2D eigenvalue weighted by Gasteiger charge is 2.44. The molecule has 1 aliphatic heterocycles. The summed E-state index contributed by atoms with van der Waals surface area (Å²) in [5, 5.41) is 0. The van der Waals surface area contributed by atoms with Crippen LogP contribution in [0.25, 0.3) is 0 Å². The molecule has 1 heterocycles. The van der Waals surface area contributed by atoms with Gasteiger partial charge in [0.05, 0.1) is 16.7 Å². The molecule has 0 spiro atoms. The Morgan fingerprint density at radius 3 is 1.90 bits per heavy atom. The van der Waals surface area contributed by atoms with Crippen LogP contribution in [0.4, 0.5) is 0 Å². The summed E-state index contributed by atoms with van der Waals surface area (Å²) in [7, 11) is 0. The number of amides is 3. The minimum absolute atomic E-state index is 0.254. The molecule has 3 rings (SSSR count). The highest BCUT2D eigenvalue weighted by molar-refractivity contribution is 6.22. The molecule has 0 bridgehead atoms. The molecule has 2 aromatic rings. The van der Waals surface area contributed by atoms with Gasteiger partial charge in [0.15, 0.2) is 0 Å². The van der Waals surface area contributed by atoms with Crippen molar-refractivity contribution in [2.24, 2.45) is 5.92 Å². The molecule has 3 amide bonds. The number of rotatable bonds is 4. The zero-order chi connectivity index (χ0) is 22.2. The molecular weight excluding hydrogens is 384 g/mol. The van der Waals surface area contributed by atoms with Crippen molar-refractivity contribution in [3.63, 3.8) is 0 Å². The maximum Gasteiger partial charge on any atom is 0.363 e. The number of hydroxylamine groups is 1. The van der Waals surface area contributed by atoms with Crippen LogP contribution in [0.3, 0.4) is 0 Å². The van der Waals surface area contributed by atoms with Crippen molar-refractivity contribution in [2.45, 2.75) is 40.7 Å². The standard InChI is InChI=1S/C23H24N2O5/c1-12(2)19(25-21(27)16-8-6-7-9-17(16)22(25)28)20(26)24-30-23(29)18-14(4)10-13(3)11-15(18)5/h6-12,19H,1-5H3,(H,24,26)/t19-/m0/s1. The van der Waals surface area contributed by atoms with E-state index >= 15 is 0 Å². The summed E-state index contributed by atoms with van der Waals surface area (Å²) < 4.78 is 0. The molecule has 0 radical (unpaired) electrons. The third kappa shape index (κ3) is 3.70. The lowest BCUT2D eigenvalue weighted by molar-refractivity contribution is -0.135. The fourth-order valence-electron chi connectivity index (χ4n) is 3.89. The summed E-state index contributed by atoms with van der Waals surface area (Å²) in [6.07, 6.45) is 0. The smallest absolute Gasteiger partial charge is 0.335 e. The number of fused-ring (bicyclic) bond motifs is 1. The molecule has 0 saturated carbocycles. The van der Waals surface area contributed by atoms with Gasteiger partial charge in [0.25, 0.3) is 17.7 Å². The normalized spacial score (nSPS) is 14.0. The van der Waals surface area contributed by atoms with Crippen LogP contribution in [0.15, 0.2) is 36.4 Å². The second-order valence-corrected chi connectivity index (χ2v) is 7.84. The predicted octanol–water partition coefficient (Wildman–Crippen LogP) is 3.12. The van der Waals surface area contributed by atoms with E-state index in [0.29, 0.717) is 5.56 Å². The average molecular weight is 408 g/mol. The van der Waals surface area contributed by atoms with Crippen LogP contribution in [0.2, 0.25) is 0 Å². The zero-order valence-corrected chi connectivity index (χ0v) is 17.6. The van der Waals surface area contributed by atoms with E-state index in [2.05, 4.69) is 5.48 Å². The minimum Gasteiger partial charge on any atom is -0.335 e. The SMILES string of the molecule is Cc1cc(C)c(C(=O)ONC(=O)[C@H](C(C)C)N2C(=O)c3ccccc3C2=O)c(C)c1. The summed E-state index contributed by atoms with van der Waals surface area (Å²) in [6, 6.07) is 8.99. The molecule has 0 aliphatic carbocycles. The van der Waals surface area contributed by atoms with Crippen LogP contribution in [-0.4, -0.2) is 34.6 Å². The molecule has 156 valence electrons. The molecule has 7 nitrogen and oxygen atoms in total. The minimum atomic E-state index is -1.12. The van der Waals surface area contributed by atoms with Gasteiger partial charge in [-0.1, -0.05) is 43.7 Å². The van der Waals surface area contributed by atoms with Crippen molar-refractivity contribution >= 4 is 23.7 Å². The molecular formula is C23H24N2O5. The van der Waals surface area contributed by atoms with Crippen LogP contribution in [0, 0.1) is 26.7 Å². The Bertz CT molecular complexity index is 999. The third-order valence-electron chi connectivity index (χ3n) is 5.13. The Balaban J connectivity index is 1.79. The lowest BCUT2D eigenvalue weighted by atomic mass is 10.00. The largest absolute Gasteiger partial charge is 0.363 e. The molecule has 0 fully saturated rings. The third-order valence-corrected chi connectivity index (χ3v) is 5.13. The van der Waals surface area contributed by atoms with Gasteiger partial charge in [0.1, 0.15) is 6.04 Å². The molecule has 1 atom stereocenters. The fraction of sp³-hybridized carbons (Fsp3) is 0.304. The first-order chi connectivity index (χ1) is 14.1. The number of nitrogens with zero attached hydrogens (tertiary/aromatic N) is 1. The molecule has 0 aromatic heterocycles. The summed E-state index contributed by atoms with van der Waals surface area (Å²) >= 11 is 0. The van der Waals surface area contributed by atoms with E-state index in [1.807, 2.05) is 19.1 Å². The second-order valence-electron chi connectivity index (χ2n) is 7.84. The molecule has 1 N–H and O–H groups in total. The molecule has 2 aromatic carbocycles. The number of hydrogen-bond donors (Lipinski definition) is 1. The number of carbonyl (C=O) groups is 4. The zero-order valence-electron chi connectivity index (χ0n) is 17.6. The molecule has 0 unspecified atom stereocenters. The highest BCUT2D eigenvalue weighted by atomic mass is 16.7. The van der Waals surface area contributed by atoms with E-state index in [4.69, 9.17) is 4.84 Å². The van der Waals surface area contributed by atoms with Crippen molar-refractivity contribution in [1.82, 2.24) is 10.4 Å². The van der Waals surface area contributed by atoms with Crippen LogP contribution < -0.4 is 5.48 Å². The summed E-state index contributed by atoms with van der Waals surface area (Å²) in [6.45, 7) is 8.92. The van der Waals surface area contributed by atoms with Gasteiger partial charge in [-0.15, -0.1) is 0 Å². The molecule has 30 heavy (non-hydrogen) atoms. The van der Waals surface area contributed by atoms with E-state index in [1.165, 1.54) is 0 Å². The topological polar surface area (TPSA) is 92.8 Å². The first kappa shape index (κ1) is 21.2. The maximum atomic E-state index is 12.8. The Labute approximate surface area is 175 Å².